The van der Waals surface area contributed by atoms with Crippen LogP contribution in [0.15, 0.2) is 48.5 Å². The fourth-order valence-corrected chi connectivity index (χ4v) is 3.22. The maximum absolute atomic E-state index is 12.2. The standard InChI is InChI=1S/C21H24N2O3/c24-19-12-10-18(11-13-19)23-21(26)17-8-6-15(7-9-17)14-22-20(25)16-4-2-1-3-5-16/h6-13,16,24H,1-5,14H2,(H,22,25)(H,23,26). The van der Waals surface area contributed by atoms with Crippen LogP contribution in [0.5, 0.6) is 5.75 Å². The molecule has 2 aromatic rings. The zero-order chi connectivity index (χ0) is 18.4. The first kappa shape index (κ1) is 18.0. The molecule has 0 spiro atoms. The molecule has 2 aromatic carbocycles. The summed E-state index contributed by atoms with van der Waals surface area (Å²) in [5.41, 5.74) is 2.13. The van der Waals surface area contributed by atoms with Crippen LogP contribution >= 0.6 is 0 Å². The van der Waals surface area contributed by atoms with Crippen molar-refractivity contribution in [3.05, 3.63) is 59.7 Å². The van der Waals surface area contributed by atoms with Crippen LogP contribution in [0.4, 0.5) is 5.69 Å². The monoisotopic (exact) mass is 352 g/mol. The molecule has 136 valence electrons. The molecular formula is C21H24N2O3. The van der Waals surface area contributed by atoms with E-state index < -0.39 is 0 Å². The average Bonchev–Trinajstić information content (AvgIpc) is 2.69. The second-order valence-corrected chi connectivity index (χ2v) is 6.75. The summed E-state index contributed by atoms with van der Waals surface area (Å²) < 4.78 is 0. The molecule has 0 atom stereocenters. The molecule has 0 unspecified atom stereocenters. The first-order valence-electron chi connectivity index (χ1n) is 9.09. The average molecular weight is 352 g/mol. The summed E-state index contributed by atoms with van der Waals surface area (Å²) in [5.74, 6) is 0.231. The number of aromatic hydroxyl groups is 1. The molecule has 0 saturated heterocycles. The molecule has 5 heteroatoms. The van der Waals surface area contributed by atoms with Gasteiger partial charge in [0, 0.05) is 23.7 Å². The highest BCUT2D eigenvalue weighted by molar-refractivity contribution is 6.04. The molecule has 3 rings (SSSR count). The maximum atomic E-state index is 12.2. The Morgan fingerprint density at radius 1 is 0.923 bits per heavy atom. The predicted octanol–water partition coefficient (Wildman–Crippen LogP) is 3.84. The van der Waals surface area contributed by atoms with Gasteiger partial charge < -0.3 is 15.7 Å². The molecule has 1 fully saturated rings. The number of benzene rings is 2. The number of amides is 2. The van der Waals surface area contributed by atoms with E-state index in [0.717, 1.165) is 31.2 Å². The zero-order valence-corrected chi connectivity index (χ0v) is 14.7. The third-order valence-electron chi connectivity index (χ3n) is 4.78. The number of carbonyl (C=O) groups excluding carboxylic acids is 2. The Morgan fingerprint density at radius 2 is 1.58 bits per heavy atom. The van der Waals surface area contributed by atoms with E-state index in [2.05, 4.69) is 10.6 Å². The molecule has 0 aromatic heterocycles. The van der Waals surface area contributed by atoms with Gasteiger partial charge in [-0.3, -0.25) is 9.59 Å². The highest BCUT2D eigenvalue weighted by Gasteiger charge is 2.20. The topological polar surface area (TPSA) is 78.4 Å². The molecule has 3 N–H and O–H groups in total. The lowest BCUT2D eigenvalue weighted by Crippen LogP contribution is -2.31. The number of phenols is 1. The normalized spacial score (nSPS) is 14.6. The van der Waals surface area contributed by atoms with Crippen LogP contribution in [0.2, 0.25) is 0 Å². The van der Waals surface area contributed by atoms with E-state index in [1.54, 1.807) is 24.3 Å². The third kappa shape index (κ3) is 4.85. The van der Waals surface area contributed by atoms with Crippen molar-refractivity contribution in [2.45, 2.75) is 38.6 Å². The number of hydrogen-bond donors (Lipinski definition) is 3. The van der Waals surface area contributed by atoms with E-state index in [4.69, 9.17) is 0 Å². The van der Waals surface area contributed by atoms with Gasteiger partial charge in [-0.05, 0) is 54.8 Å². The summed E-state index contributed by atoms with van der Waals surface area (Å²) in [6, 6.07) is 13.5. The van der Waals surface area contributed by atoms with Gasteiger partial charge in [-0.2, -0.15) is 0 Å². The van der Waals surface area contributed by atoms with Crippen molar-refractivity contribution >= 4 is 17.5 Å². The van der Waals surface area contributed by atoms with Crippen LogP contribution in [-0.4, -0.2) is 16.9 Å². The van der Waals surface area contributed by atoms with E-state index in [-0.39, 0.29) is 23.5 Å². The first-order valence-corrected chi connectivity index (χ1v) is 9.09. The number of carbonyl (C=O) groups is 2. The summed E-state index contributed by atoms with van der Waals surface area (Å²) in [4.78, 5) is 24.4. The minimum absolute atomic E-state index is 0.138. The van der Waals surface area contributed by atoms with Gasteiger partial charge in [0.15, 0.2) is 0 Å². The lowest BCUT2D eigenvalue weighted by molar-refractivity contribution is -0.126. The van der Waals surface area contributed by atoms with Crippen molar-refractivity contribution in [2.24, 2.45) is 5.92 Å². The highest BCUT2D eigenvalue weighted by Crippen LogP contribution is 2.23. The van der Waals surface area contributed by atoms with E-state index in [9.17, 15) is 14.7 Å². The van der Waals surface area contributed by atoms with Gasteiger partial charge in [0.1, 0.15) is 5.75 Å². The molecule has 2 amide bonds. The molecule has 0 aliphatic heterocycles. The van der Waals surface area contributed by atoms with Gasteiger partial charge in [0.05, 0.1) is 0 Å². The van der Waals surface area contributed by atoms with Crippen LogP contribution in [-0.2, 0) is 11.3 Å². The van der Waals surface area contributed by atoms with Crippen LogP contribution in [0.3, 0.4) is 0 Å². The summed E-state index contributed by atoms with van der Waals surface area (Å²) in [6.45, 7) is 0.481. The summed E-state index contributed by atoms with van der Waals surface area (Å²) in [6.07, 6.45) is 5.49. The lowest BCUT2D eigenvalue weighted by Gasteiger charge is -2.20. The fraction of sp³-hybridized carbons (Fsp3) is 0.333. The van der Waals surface area contributed by atoms with E-state index in [1.807, 2.05) is 12.1 Å². The summed E-state index contributed by atoms with van der Waals surface area (Å²) in [7, 11) is 0. The summed E-state index contributed by atoms with van der Waals surface area (Å²) in [5, 5.41) is 15.0. The Morgan fingerprint density at radius 3 is 2.23 bits per heavy atom. The van der Waals surface area contributed by atoms with Crippen molar-refractivity contribution in [2.75, 3.05) is 5.32 Å². The molecule has 0 radical (unpaired) electrons. The Bertz CT molecular complexity index is 748. The summed E-state index contributed by atoms with van der Waals surface area (Å²) >= 11 is 0. The van der Waals surface area contributed by atoms with E-state index >= 15 is 0 Å². The zero-order valence-electron chi connectivity index (χ0n) is 14.7. The molecule has 26 heavy (non-hydrogen) atoms. The van der Waals surface area contributed by atoms with Gasteiger partial charge in [0.2, 0.25) is 5.91 Å². The lowest BCUT2D eigenvalue weighted by atomic mass is 9.88. The van der Waals surface area contributed by atoms with Gasteiger partial charge in [0.25, 0.3) is 5.91 Å². The predicted molar refractivity (Wildman–Crippen MR) is 101 cm³/mol. The van der Waals surface area contributed by atoms with E-state index in [1.165, 1.54) is 18.6 Å². The van der Waals surface area contributed by atoms with Crippen molar-refractivity contribution in [3.8, 4) is 5.75 Å². The number of nitrogens with one attached hydrogen (secondary N) is 2. The molecule has 5 nitrogen and oxygen atoms in total. The molecule has 1 aliphatic carbocycles. The number of hydrogen-bond acceptors (Lipinski definition) is 3. The number of phenolic OH excluding ortho intramolecular Hbond substituents is 1. The van der Waals surface area contributed by atoms with Crippen LogP contribution in [0.25, 0.3) is 0 Å². The fourth-order valence-electron chi connectivity index (χ4n) is 3.22. The molecule has 1 aliphatic rings. The van der Waals surface area contributed by atoms with Gasteiger partial charge in [-0.1, -0.05) is 31.4 Å². The van der Waals surface area contributed by atoms with Crippen molar-refractivity contribution in [1.82, 2.24) is 5.32 Å². The third-order valence-corrected chi connectivity index (χ3v) is 4.78. The van der Waals surface area contributed by atoms with Crippen LogP contribution in [0.1, 0.15) is 48.0 Å². The molecular weight excluding hydrogens is 328 g/mol. The second kappa shape index (κ2) is 8.52. The van der Waals surface area contributed by atoms with Crippen LogP contribution in [0, 0.1) is 5.92 Å². The number of anilines is 1. The van der Waals surface area contributed by atoms with Crippen LogP contribution < -0.4 is 10.6 Å². The Kier molecular flexibility index (Phi) is 5.89. The highest BCUT2D eigenvalue weighted by atomic mass is 16.3. The SMILES string of the molecule is O=C(Nc1ccc(O)cc1)c1ccc(CNC(=O)C2CCCCC2)cc1. The Hall–Kier alpha value is -2.82. The maximum Gasteiger partial charge on any atom is 0.255 e. The quantitative estimate of drug-likeness (QED) is 0.715. The van der Waals surface area contributed by atoms with Gasteiger partial charge in [-0.25, -0.2) is 0 Å². The van der Waals surface area contributed by atoms with Crippen molar-refractivity contribution in [1.29, 1.82) is 0 Å². The minimum Gasteiger partial charge on any atom is -0.508 e. The first-order chi connectivity index (χ1) is 12.6. The van der Waals surface area contributed by atoms with Gasteiger partial charge >= 0.3 is 0 Å². The van der Waals surface area contributed by atoms with E-state index in [0.29, 0.717) is 17.8 Å². The molecule has 0 heterocycles. The minimum atomic E-state index is -0.214. The van der Waals surface area contributed by atoms with Gasteiger partial charge in [-0.15, -0.1) is 0 Å². The Balaban J connectivity index is 1.51. The molecule has 0 bridgehead atoms. The van der Waals surface area contributed by atoms with Crippen molar-refractivity contribution < 1.29 is 14.7 Å². The Labute approximate surface area is 153 Å². The van der Waals surface area contributed by atoms with Crippen molar-refractivity contribution in [3.63, 3.8) is 0 Å². The smallest absolute Gasteiger partial charge is 0.255 e. The number of rotatable bonds is 5. The molecule has 1 saturated carbocycles. The largest absolute Gasteiger partial charge is 0.508 e. The second-order valence-electron chi connectivity index (χ2n) is 6.75.